The van der Waals surface area contributed by atoms with Crippen LogP contribution in [0.2, 0.25) is 38.3 Å². The zero-order chi connectivity index (χ0) is 66.3. The van der Waals surface area contributed by atoms with Crippen LogP contribution in [-0.2, 0) is 33.2 Å². The molecule has 8 aromatic carbocycles. The summed E-state index contributed by atoms with van der Waals surface area (Å²) in [6.07, 6.45) is 17.9. The van der Waals surface area contributed by atoms with E-state index < -0.39 is 35.1 Å². The van der Waals surface area contributed by atoms with Crippen molar-refractivity contribution in [1.82, 2.24) is 0 Å². The van der Waals surface area contributed by atoms with Gasteiger partial charge in [-0.2, -0.15) is 0 Å². The highest BCUT2D eigenvalue weighted by Gasteiger charge is 2.39. The Morgan fingerprint density at radius 1 is 0.326 bits per heavy atom. The largest absolute Gasteiger partial charge is 0.519 e. The Morgan fingerprint density at radius 2 is 0.600 bits per heavy atom. The van der Waals surface area contributed by atoms with E-state index in [9.17, 15) is 14.4 Å². The first-order valence-corrected chi connectivity index (χ1v) is 40.5. The number of aryl methyl sites for hydroxylation is 2. The molecule has 0 heterocycles. The average molecular weight is 1310 g/mol. The second-order valence-electron chi connectivity index (χ2n) is 27.4. The summed E-state index contributed by atoms with van der Waals surface area (Å²) in [7, 11) is -0.906. The molecule has 8 aromatic rings. The summed E-state index contributed by atoms with van der Waals surface area (Å²) in [5, 5.41) is 0. The molecule has 14 heteroatoms. The Balaban J connectivity index is 0.611. The van der Waals surface area contributed by atoms with Gasteiger partial charge in [0.2, 0.25) is 0 Å². The number of methoxy groups -OCH3 is 2. The Kier molecular flexibility index (Phi) is 22.2. The average Bonchev–Trinajstić information content (AvgIpc) is 0.814. The summed E-state index contributed by atoms with van der Waals surface area (Å²) in [6.45, 7) is 9.24. The normalized spacial score (nSPS) is 15.9. The number of hydrogen-bond donors (Lipinski definition) is 0. The molecule has 0 amide bonds. The van der Waals surface area contributed by atoms with Gasteiger partial charge in [0.1, 0.15) is 23.0 Å². The minimum absolute atomic E-state index is 0.0377. The van der Waals surface area contributed by atoms with E-state index in [1.165, 1.54) is 60.8 Å². The molecule has 3 aliphatic rings. The van der Waals surface area contributed by atoms with E-state index >= 15 is 0 Å². The van der Waals surface area contributed by atoms with E-state index in [4.69, 9.17) is 42.0 Å². The van der Waals surface area contributed by atoms with Crippen molar-refractivity contribution in [3.63, 3.8) is 0 Å². The van der Waals surface area contributed by atoms with Gasteiger partial charge in [-0.05, 0) is 220 Å². The number of carbonyl (C=O) groups excluding carboxylic acids is 3. The molecule has 0 bridgehead atoms. The van der Waals surface area contributed by atoms with Crippen molar-refractivity contribution in [2.24, 2.45) is 0 Å². The van der Waals surface area contributed by atoms with Gasteiger partial charge in [-0.25, -0.2) is 14.4 Å². The maximum Gasteiger partial charge on any atom is 0.519 e. The summed E-state index contributed by atoms with van der Waals surface area (Å²) >= 11 is 0. The topological polar surface area (TPSA) is 134 Å². The van der Waals surface area contributed by atoms with Crippen LogP contribution >= 0.6 is 0 Å². The van der Waals surface area contributed by atoms with Crippen LogP contribution in [0.15, 0.2) is 194 Å². The highest BCUT2D eigenvalue weighted by Crippen LogP contribution is 2.49. The van der Waals surface area contributed by atoms with Crippen LogP contribution in [0.5, 0.6) is 46.0 Å². The van der Waals surface area contributed by atoms with Gasteiger partial charge in [0.25, 0.3) is 0 Å². The van der Waals surface area contributed by atoms with Gasteiger partial charge in [0, 0.05) is 16.2 Å². The molecule has 0 atom stereocenters. The molecular formula is C81H92O12Si2. The second-order valence-corrected chi connectivity index (χ2v) is 36.3. The van der Waals surface area contributed by atoms with Crippen molar-refractivity contribution < 1.29 is 56.4 Å². The fourth-order valence-corrected chi connectivity index (χ4v) is 24.3. The third-order valence-corrected chi connectivity index (χ3v) is 27.6. The summed E-state index contributed by atoms with van der Waals surface area (Å²) in [6, 6.07) is 66.1. The Hall–Kier alpha value is -8.44. The predicted molar refractivity (Wildman–Crippen MR) is 378 cm³/mol. The van der Waals surface area contributed by atoms with Crippen molar-refractivity contribution in [2.75, 3.05) is 14.2 Å². The third-order valence-electron chi connectivity index (χ3n) is 20.1. The predicted octanol–water partition coefficient (Wildman–Crippen LogP) is 21.2. The molecule has 0 unspecified atom stereocenters. The summed E-state index contributed by atoms with van der Waals surface area (Å²) in [4.78, 5) is 39.5. The Morgan fingerprint density at radius 3 is 0.884 bits per heavy atom. The smallest absolute Gasteiger partial charge is 0.493 e. The molecule has 3 fully saturated rings. The van der Waals surface area contributed by atoms with E-state index in [2.05, 4.69) is 111 Å². The highest BCUT2D eigenvalue weighted by atomic mass is 28.4. The van der Waals surface area contributed by atoms with Crippen LogP contribution in [0.4, 0.5) is 14.4 Å². The van der Waals surface area contributed by atoms with Crippen molar-refractivity contribution in [3.05, 3.63) is 239 Å². The fraction of sp³-hybridized carbons (Fsp3) is 0.370. The minimum atomic E-state index is -2.03. The maximum absolute atomic E-state index is 13.3. The third kappa shape index (κ3) is 17.0. The highest BCUT2D eigenvalue weighted by molar-refractivity contribution is 6.84. The lowest BCUT2D eigenvalue weighted by molar-refractivity contribution is 0.149. The Labute approximate surface area is 563 Å². The van der Waals surface area contributed by atoms with Gasteiger partial charge < -0.3 is 42.0 Å². The summed E-state index contributed by atoms with van der Waals surface area (Å²) < 4.78 is 52.6. The van der Waals surface area contributed by atoms with Gasteiger partial charge in [0.15, 0.2) is 39.6 Å². The minimum Gasteiger partial charge on any atom is -0.493 e. The lowest BCUT2D eigenvalue weighted by atomic mass is 9.65. The van der Waals surface area contributed by atoms with E-state index in [0.29, 0.717) is 40.2 Å². The van der Waals surface area contributed by atoms with Gasteiger partial charge >= 0.3 is 18.5 Å². The molecule has 3 aliphatic carbocycles. The summed E-state index contributed by atoms with van der Waals surface area (Å²) in [5.41, 5.74) is 9.21. The zero-order valence-electron chi connectivity index (χ0n) is 56.2. The first kappa shape index (κ1) is 68.0. The quantitative estimate of drug-likeness (QED) is 0.0324. The van der Waals surface area contributed by atoms with Crippen molar-refractivity contribution in [1.29, 1.82) is 0 Å². The molecule has 0 spiro atoms. The molecule has 496 valence electrons. The first-order chi connectivity index (χ1) is 46.0. The monoisotopic (exact) mass is 1310 g/mol. The summed E-state index contributed by atoms with van der Waals surface area (Å²) in [5.74, 6) is 3.14. The maximum atomic E-state index is 13.3. The number of rotatable bonds is 24. The van der Waals surface area contributed by atoms with Gasteiger partial charge in [-0.15, -0.1) is 0 Å². The van der Waals surface area contributed by atoms with Crippen LogP contribution in [0, 0.1) is 0 Å². The van der Waals surface area contributed by atoms with E-state index in [0.717, 1.165) is 118 Å². The molecular weight excluding hydrogens is 1220 g/mol. The molecule has 12 nitrogen and oxygen atoms in total. The van der Waals surface area contributed by atoms with Crippen LogP contribution in [-0.4, -0.2) is 49.3 Å². The van der Waals surface area contributed by atoms with Crippen LogP contribution < -0.4 is 37.9 Å². The van der Waals surface area contributed by atoms with Crippen LogP contribution in [0.1, 0.15) is 154 Å². The van der Waals surface area contributed by atoms with E-state index in [-0.39, 0.29) is 22.0 Å². The van der Waals surface area contributed by atoms with Gasteiger partial charge in [-0.3, -0.25) is 0 Å². The van der Waals surface area contributed by atoms with Crippen LogP contribution in [0.25, 0.3) is 0 Å². The zero-order valence-corrected chi connectivity index (χ0v) is 58.2. The molecule has 95 heavy (non-hydrogen) atoms. The van der Waals surface area contributed by atoms with Crippen LogP contribution in [0.3, 0.4) is 0 Å². The fourth-order valence-electron chi connectivity index (χ4n) is 15.4. The Bertz CT molecular complexity index is 3820. The van der Waals surface area contributed by atoms with Crippen molar-refractivity contribution >= 4 is 35.1 Å². The molecule has 3 saturated carbocycles. The van der Waals surface area contributed by atoms with Gasteiger partial charge in [0.05, 0.1) is 14.2 Å². The molecule has 0 saturated heterocycles. The van der Waals surface area contributed by atoms with Crippen molar-refractivity contribution in [2.45, 2.75) is 177 Å². The second kappa shape index (κ2) is 31.0. The standard InChI is InChI=1S/C81H92O12Si2/c1-85-74-58-60(30-48-72(74)91-77(83)89-70-44-34-65(35-45-70)80(52-18-10-19-53-80)63-28-14-8-15-29-63)24-22-56-94(3,4)93-95(5,6)57-23-25-61-31-49-73(75(59-61)86-2)92-78(84)90-71-46-38-67(39-47-71)81(54-20-11-21-55-81)66-36-42-69(43-37-66)88-76(82)87-68-40-32-64(33-41-68)79(50-16-9-17-51-79)62-26-12-7-13-27-62/h7-8,12-15,26-49,58-59H,9-11,16-25,50-57H2,1-6H3. The SMILES string of the molecule is COc1cc(CCC[Si](C)(C)O[Si](C)(C)CCCc2ccc(OC(=O)Oc3ccc(C4(c5ccc(OC(=O)Oc6ccc(C7(c8ccccc8)CCCCC7)cc6)cc5)CCCCC4)cc3)c(OC)c2)ccc1OC(=O)Oc1ccc(C2(c3ccccc3)CCCCC2)cc1. The molecule has 11 rings (SSSR count). The number of ether oxygens (including phenoxy) is 8. The lowest BCUT2D eigenvalue weighted by Gasteiger charge is -2.38. The lowest BCUT2D eigenvalue weighted by Crippen LogP contribution is -2.44. The first-order valence-electron chi connectivity index (χ1n) is 34.3. The van der Waals surface area contributed by atoms with E-state index in [1.54, 1.807) is 26.4 Å². The number of carbonyl (C=O) groups is 3. The van der Waals surface area contributed by atoms with Gasteiger partial charge in [-0.1, -0.05) is 179 Å². The molecule has 0 aromatic heterocycles. The molecule has 0 radical (unpaired) electrons. The number of hydrogen-bond acceptors (Lipinski definition) is 12. The van der Waals surface area contributed by atoms with E-state index in [1.807, 2.05) is 97.1 Å². The molecule has 0 N–H and O–H groups in total. The number of benzene rings is 8. The molecule has 0 aliphatic heterocycles. The van der Waals surface area contributed by atoms with Crippen molar-refractivity contribution in [3.8, 4) is 46.0 Å².